The van der Waals surface area contributed by atoms with Crippen molar-refractivity contribution < 1.29 is 4.42 Å². The third-order valence-electron chi connectivity index (χ3n) is 9.45. The van der Waals surface area contributed by atoms with Crippen LogP contribution in [-0.2, 0) is 21.1 Å². The highest BCUT2D eigenvalue weighted by atomic mass is 16.3. The fraction of sp³-hybridized carbons (Fsp3) is 0.431. The number of rotatable bonds is 6. The van der Waals surface area contributed by atoms with Gasteiger partial charge in [0.15, 0.2) is 0 Å². The van der Waals surface area contributed by atoms with Gasteiger partial charge in [-0.1, -0.05) is 138 Å². The van der Waals surface area contributed by atoms with Crippen molar-refractivity contribution in [3.8, 4) is 0 Å². The van der Waals surface area contributed by atoms with Gasteiger partial charge in [-0.15, -0.1) is 0 Å². The molecule has 0 aliphatic carbocycles. The molecule has 0 aliphatic rings. The van der Waals surface area contributed by atoms with E-state index in [-0.39, 0.29) is 0 Å². The van der Waals surface area contributed by atoms with Gasteiger partial charge in [-0.2, -0.15) is 10.2 Å². The van der Waals surface area contributed by atoms with Crippen LogP contribution in [0.1, 0.15) is 158 Å². The highest BCUT2D eigenvalue weighted by Crippen LogP contribution is 2.25. The summed E-state index contributed by atoms with van der Waals surface area (Å²) in [5.74, 6) is 3.52. The van der Waals surface area contributed by atoms with Crippen LogP contribution in [-0.4, -0.2) is 29.1 Å². The zero-order chi connectivity index (χ0) is 43.4. The van der Waals surface area contributed by atoms with Crippen molar-refractivity contribution in [3.05, 3.63) is 162 Å². The van der Waals surface area contributed by atoms with E-state index < -0.39 is 0 Å². The van der Waals surface area contributed by atoms with Crippen molar-refractivity contribution in [2.75, 3.05) is 0 Å². The predicted octanol–water partition coefficient (Wildman–Crippen LogP) is 14.1. The summed E-state index contributed by atoms with van der Waals surface area (Å²) in [4.78, 5) is 4.18. The first-order valence-corrected chi connectivity index (χ1v) is 21.0. The average Bonchev–Trinajstić information content (AvgIpc) is 4.01. The molecule has 7 aromatic rings. The fourth-order valence-electron chi connectivity index (χ4n) is 6.03. The Bertz CT molecular complexity index is 2050. The van der Waals surface area contributed by atoms with Crippen LogP contribution in [0, 0.1) is 6.92 Å². The predicted molar refractivity (Wildman–Crippen MR) is 248 cm³/mol. The van der Waals surface area contributed by atoms with Crippen LogP contribution >= 0.6 is 0 Å². The second kappa shape index (κ2) is 25.2. The summed E-state index contributed by atoms with van der Waals surface area (Å²) in [6.07, 6.45) is 9.70. The highest BCUT2D eigenvalue weighted by molar-refractivity contribution is 5.80. The van der Waals surface area contributed by atoms with Gasteiger partial charge in [0.2, 0.25) is 0 Å². The Labute approximate surface area is 351 Å². The topological polar surface area (TPSA) is 66.6 Å². The molecule has 0 saturated carbocycles. The molecule has 0 radical (unpaired) electrons. The molecule has 0 spiro atoms. The number of aryl methyl sites for hydroxylation is 4. The summed E-state index contributed by atoms with van der Waals surface area (Å²) in [6, 6.07) is 31.1. The minimum absolute atomic E-state index is 0.528. The van der Waals surface area contributed by atoms with Gasteiger partial charge >= 0.3 is 0 Å². The minimum Gasteiger partial charge on any atom is -0.464 e. The number of fused-ring (bicyclic) bond motifs is 1. The van der Waals surface area contributed by atoms with Crippen LogP contribution in [0.3, 0.4) is 0 Å². The first-order chi connectivity index (χ1) is 27.4. The third kappa shape index (κ3) is 17.1. The Morgan fingerprint density at radius 1 is 0.500 bits per heavy atom. The molecule has 0 bridgehead atoms. The van der Waals surface area contributed by atoms with Crippen LogP contribution in [0.5, 0.6) is 0 Å². The number of furan rings is 1. The van der Waals surface area contributed by atoms with E-state index in [1.165, 1.54) is 27.8 Å². The van der Waals surface area contributed by atoms with Crippen LogP contribution in [0.25, 0.3) is 11.0 Å². The first kappa shape index (κ1) is 49.0. The van der Waals surface area contributed by atoms with Crippen molar-refractivity contribution in [1.29, 1.82) is 0 Å². The normalized spacial score (nSPS) is 10.7. The molecule has 5 aromatic heterocycles. The lowest BCUT2D eigenvalue weighted by Gasteiger charge is -2.04. The van der Waals surface area contributed by atoms with Gasteiger partial charge < -0.3 is 8.98 Å². The molecule has 2 aromatic carbocycles. The third-order valence-corrected chi connectivity index (χ3v) is 9.45. The summed E-state index contributed by atoms with van der Waals surface area (Å²) < 4.78 is 11.3. The molecule has 0 atom stereocenters. The summed E-state index contributed by atoms with van der Waals surface area (Å²) in [6.45, 7) is 28.2. The monoisotopic (exact) mass is 787 g/mol. The smallest absolute Gasteiger partial charge is 0.137 e. The zero-order valence-corrected chi connectivity index (χ0v) is 38.6. The Hall–Kier alpha value is -5.17. The standard InChI is InChI=1S/C11H12O.C9H12.C8H14N2.C8H13N.C8H11N.C7H12N2/c1-8(2)10-5-3-4-9-6-7-12-11(9)10;1-8(2)9-6-4-3-5-7-9;1-6(2)8-5-10(4)9-7(8)3;1-7(2)8-5-4-6-9(8)3;1-7(2)8-5-3-4-6-9-8;1-6(2)7-4-5-9(3)8-7/h3-8H,1-2H3;3-8H,1-2H3;5-6H,1-4H3;4-7H,1-3H3;3-7H,1-2H3;4-6H,1-3H3. The quantitative estimate of drug-likeness (QED) is 0.168. The van der Waals surface area contributed by atoms with Gasteiger partial charge in [-0.25, -0.2) is 0 Å². The lowest BCUT2D eigenvalue weighted by Crippen LogP contribution is -1.95. The Kier molecular flexibility index (Phi) is 21.3. The molecule has 5 heterocycles. The summed E-state index contributed by atoms with van der Waals surface area (Å²) in [7, 11) is 5.97. The Balaban J connectivity index is 0.000000241. The molecule has 7 rings (SSSR count). The molecule has 58 heavy (non-hydrogen) atoms. The van der Waals surface area contributed by atoms with E-state index in [1.807, 2.05) is 72.3 Å². The molecule has 7 heteroatoms. The minimum atomic E-state index is 0.528. The molecule has 0 amide bonds. The Morgan fingerprint density at radius 2 is 1.14 bits per heavy atom. The molecule has 0 N–H and O–H groups in total. The zero-order valence-electron chi connectivity index (χ0n) is 38.6. The van der Waals surface area contributed by atoms with Crippen LogP contribution in [0.2, 0.25) is 0 Å². The van der Waals surface area contributed by atoms with E-state index in [2.05, 4.69) is 184 Å². The second-order valence-electron chi connectivity index (χ2n) is 16.6. The van der Waals surface area contributed by atoms with Gasteiger partial charge in [-0.3, -0.25) is 14.3 Å². The largest absolute Gasteiger partial charge is 0.464 e. The first-order valence-electron chi connectivity index (χ1n) is 21.0. The highest BCUT2D eigenvalue weighted by Gasteiger charge is 2.07. The summed E-state index contributed by atoms with van der Waals surface area (Å²) in [5, 5.41) is 9.67. The number of para-hydroxylation sites is 1. The van der Waals surface area contributed by atoms with Crippen molar-refractivity contribution in [2.45, 2.75) is 126 Å². The van der Waals surface area contributed by atoms with Crippen LogP contribution in [0.15, 0.2) is 126 Å². The SMILES string of the molecule is CC(C)c1cccc2ccoc12.CC(C)c1ccccc1.CC(C)c1ccccn1.CC(C)c1cccn1C.CC(C)c1ccn(C)n1.Cc1nn(C)cc1C(C)C. The fourth-order valence-corrected chi connectivity index (χ4v) is 6.03. The van der Waals surface area contributed by atoms with E-state index in [1.54, 1.807) is 6.26 Å². The molecule has 0 fully saturated rings. The van der Waals surface area contributed by atoms with E-state index in [9.17, 15) is 0 Å². The van der Waals surface area contributed by atoms with Crippen LogP contribution in [0.4, 0.5) is 0 Å². The van der Waals surface area contributed by atoms with Crippen molar-refractivity contribution in [1.82, 2.24) is 29.1 Å². The molecule has 314 valence electrons. The maximum Gasteiger partial charge on any atom is 0.137 e. The number of nitrogens with zero attached hydrogens (tertiary/aromatic N) is 6. The lowest BCUT2D eigenvalue weighted by atomic mass is 10.0. The molecule has 7 nitrogen and oxygen atoms in total. The van der Waals surface area contributed by atoms with E-state index in [4.69, 9.17) is 4.42 Å². The molecule has 0 saturated heterocycles. The van der Waals surface area contributed by atoms with Crippen molar-refractivity contribution >= 4 is 11.0 Å². The van der Waals surface area contributed by atoms with E-state index in [0.717, 1.165) is 22.7 Å². The van der Waals surface area contributed by atoms with Gasteiger partial charge in [-0.05, 0) is 95.5 Å². The lowest BCUT2D eigenvalue weighted by molar-refractivity contribution is 0.607. The van der Waals surface area contributed by atoms with Gasteiger partial charge in [0.25, 0.3) is 0 Å². The number of hydrogen-bond donors (Lipinski definition) is 0. The second-order valence-corrected chi connectivity index (χ2v) is 16.6. The van der Waals surface area contributed by atoms with E-state index in [0.29, 0.717) is 35.5 Å². The number of benzene rings is 2. The van der Waals surface area contributed by atoms with Crippen LogP contribution < -0.4 is 0 Å². The summed E-state index contributed by atoms with van der Waals surface area (Å²) in [5.41, 5.74) is 9.97. The van der Waals surface area contributed by atoms with Gasteiger partial charge in [0.1, 0.15) is 5.58 Å². The maximum absolute atomic E-state index is 5.41. The van der Waals surface area contributed by atoms with Crippen molar-refractivity contribution in [3.63, 3.8) is 0 Å². The number of aromatic nitrogens is 6. The molecular weight excluding hydrogens is 713 g/mol. The molecule has 0 aliphatic heterocycles. The van der Waals surface area contributed by atoms with Gasteiger partial charge in [0.05, 0.1) is 17.7 Å². The van der Waals surface area contributed by atoms with Gasteiger partial charge in [0, 0.05) is 62.7 Å². The molecule has 0 unspecified atom stereocenters. The number of pyridine rings is 1. The molecular formula is C51H74N6O. The maximum atomic E-state index is 5.41. The average molecular weight is 787 g/mol. The van der Waals surface area contributed by atoms with Crippen molar-refractivity contribution in [2.24, 2.45) is 21.1 Å². The number of hydrogen-bond acceptors (Lipinski definition) is 4. The van der Waals surface area contributed by atoms with E-state index >= 15 is 0 Å². The Morgan fingerprint density at radius 3 is 1.50 bits per heavy atom. The summed E-state index contributed by atoms with van der Waals surface area (Å²) >= 11 is 0.